The van der Waals surface area contributed by atoms with Crippen LogP contribution < -0.4 is 5.73 Å². The third kappa shape index (κ3) is 3.37. The predicted molar refractivity (Wildman–Crippen MR) is 78.1 cm³/mol. The summed E-state index contributed by atoms with van der Waals surface area (Å²) in [5.74, 6) is -0.384. The van der Waals surface area contributed by atoms with Crippen molar-refractivity contribution in [1.82, 2.24) is 4.90 Å². The second kappa shape index (κ2) is 6.84. The Morgan fingerprint density at radius 2 is 2.10 bits per heavy atom. The summed E-state index contributed by atoms with van der Waals surface area (Å²) in [6.45, 7) is 2.93. The zero-order chi connectivity index (χ0) is 14.5. The van der Waals surface area contributed by atoms with Crippen molar-refractivity contribution < 1.29 is 9.18 Å². The fourth-order valence-corrected chi connectivity index (χ4v) is 2.82. The fourth-order valence-electron chi connectivity index (χ4n) is 2.82. The number of halogens is 1. The summed E-state index contributed by atoms with van der Waals surface area (Å²) in [4.78, 5) is 14.5. The average Bonchev–Trinajstić information content (AvgIpc) is 2.96. The van der Waals surface area contributed by atoms with Crippen LogP contribution in [0, 0.1) is 12.7 Å². The molecular formula is C16H23FN2O. The van der Waals surface area contributed by atoms with E-state index < -0.39 is 0 Å². The summed E-state index contributed by atoms with van der Waals surface area (Å²) in [5, 5.41) is 0. The molecule has 3 nitrogen and oxygen atoms in total. The minimum atomic E-state index is -0.318. The number of carbonyl (C=O) groups is 1. The molecule has 1 aromatic rings. The molecule has 1 aliphatic carbocycles. The molecule has 1 saturated carbocycles. The third-order valence-electron chi connectivity index (χ3n) is 4.05. The predicted octanol–water partition coefficient (Wildman–Crippen LogP) is 2.87. The van der Waals surface area contributed by atoms with Gasteiger partial charge in [0, 0.05) is 18.2 Å². The average molecular weight is 278 g/mol. The lowest BCUT2D eigenvalue weighted by atomic mass is 10.1. The van der Waals surface area contributed by atoms with Crippen LogP contribution in [0.4, 0.5) is 4.39 Å². The van der Waals surface area contributed by atoms with Crippen LogP contribution in [0.1, 0.15) is 48.0 Å². The van der Waals surface area contributed by atoms with Crippen LogP contribution in [0.15, 0.2) is 18.2 Å². The Bertz CT molecular complexity index is 470. The van der Waals surface area contributed by atoms with E-state index in [0.717, 1.165) is 19.3 Å². The van der Waals surface area contributed by atoms with E-state index in [1.807, 2.05) is 4.90 Å². The highest BCUT2D eigenvalue weighted by Gasteiger charge is 2.27. The van der Waals surface area contributed by atoms with E-state index in [4.69, 9.17) is 5.73 Å². The molecule has 20 heavy (non-hydrogen) atoms. The van der Waals surface area contributed by atoms with Crippen LogP contribution in [-0.4, -0.2) is 29.9 Å². The summed E-state index contributed by atoms with van der Waals surface area (Å²) in [6, 6.07) is 5.02. The molecule has 0 atom stereocenters. The fraction of sp³-hybridized carbons (Fsp3) is 0.562. The Morgan fingerprint density at radius 1 is 1.40 bits per heavy atom. The molecule has 110 valence electrons. The topological polar surface area (TPSA) is 46.3 Å². The highest BCUT2D eigenvalue weighted by atomic mass is 19.1. The Hall–Kier alpha value is -1.42. The summed E-state index contributed by atoms with van der Waals surface area (Å²) in [7, 11) is 0. The molecule has 0 aromatic heterocycles. The van der Waals surface area contributed by atoms with Gasteiger partial charge in [-0.1, -0.05) is 18.9 Å². The van der Waals surface area contributed by atoms with Gasteiger partial charge in [0.15, 0.2) is 0 Å². The molecule has 0 radical (unpaired) electrons. The molecule has 2 N–H and O–H groups in total. The van der Waals surface area contributed by atoms with Gasteiger partial charge in [-0.05, 0) is 50.4 Å². The Kier molecular flexibility index (Phi) is 5.12. The van der Waals surface area contributed by atoms with Crippen molar-refractivity contribution in [2.24, 2.45) is 5.73 Å². The molecule has 0 bridgehead atoms. The van der Waals surface area contributed by atoms with Crippen LogP contribution in [0.2, 0.25) is 0 Å². The molecule has 1 aliphatic rings. The quantitative estimate of drug-likeness (QED) is 0.900. The SMILES string of the molecule is Cc1ccc(C(=O)N(CCCN)C2CCCC2)cc1F. The maximum atomic E-state index is 13.6. The molecule has 2 rings (SSSR count). The van der Waals surface area contributed by atoms with Gasteiger partial charge in [-0.2, -0.15) is 0 Å². The van der Waals surface area contributed by atoms with Gasteiger partial charge >= 0.3 is 0 Å². The summed E-state index contributed by atoms with van der Waals surface area (Å²) >= 11 is 0. The summed E-state index contributed by atoms with van der Waals surface area (Å²) in [5.41, 5.74) is 6.57. The molecule has 1 fully saturated rings. The Labute approximate surface area is 120 Å². The van der Waals surface area contributed by atoms with Gasteiger partial charge in [-0.25, -0.2) is 4.39 Å². The van der Waals surface area contributed by atoms with Crippen LogP contribution in [0.25, 0.3) is 0 Å². The standard InChI is InChI=1S/C16H23FN2O/c1-12-7-8-13(11-15(12)17)16(20)19(10-4-9-18)14-5-2-3-6-14/h7-8,11,14H,2-6,9-10,18H2,1H3. The van der Waals surface area contributed by atoms with Gasteiger partial charge < -0.3 is 10.6 Å². The van der Waals surface area contributed by atoms with Crippen molar-refractivity contribution in [3.05, 3.63) is 35.1 Å². The normalized spacial score (nSPS) is 15.6. The van der Waals surface area contributed by atoms with Crippen molar-refractivity contribution in [2.75, 3.05) is 13.1 Å². The first kappa shape index (κ1) is 15.0. The largest absolute Gasteiger partial charge is 0.336 e. The van der Waals surface area contributed by atoms with Crippen LogP contribution >= 0.6 is 0 Å². The minimum Gasteiger partial charge on any atom is -0.336 e. The number of nitrogens with two attached hydrogens (primary N) is 1. The minimum absolute atomic E-state index is 0.0655. The van der Waals surface area contributed by atoms with Crippen LogP contribution in [0.5, 0.6) is 0 Å². The van der Waals surface area contributed by atoms with E-state index >= 15 is 0 Å². The molecule has 4 heteroatoms. The summed E-state index contributed by atoms with van der Waals surface area (Å²) < 4.78 is 13.6. The number of hydrogen-bond acceptors (Lipinski definition) is 2. The molecule has 0 saturated heterocycles. The second-order valence-electron chi connectivity index (χ2n) is 5.54. The lowest BCUT2D eigenvalue weighted by Gasteiger charge is -2.29. The van der Waals surface area contributed by atoms with E-state index in [2.05, 4.69) is 0 Å². The number of rotatable bonds is 5. The lowest BCUT2D eigenvalue weighted by Crippen LogP contribution is -2.40. The van der Waals surface area contributed by atoms with Gasteiger partial charge in [0.25, 0.3) is 5.91 Å². The smallest absolute Gasteiger partial charge is 0.254 e. The van der Waals surface area contributed by atoms with Crippen molar-refractivity contribution >= 4 is 5.91 Å². The molecule has 1 aromatic carbocycles. The third-order valence-corrected chi connectivity index (χ3v) is 4.05. The maximum Gasteiger partial charge on any atom is 0.254 e. The van der Waals surface area contributed by atoms with E-state index in [1.54, 1.807) is 19.1 Å². The van der Waals surface area contributed by atoms with Crippen molar-refractivity contribution in [3.8, 4) is 0 Å². The monoisotopic (exact) mass is 278 g/mol. The number of amides is 1. The van der Waals surface area contributed by atoms with Crippen molar-refractivity contribution in [3.63, 3.8) is 0 Å². The van der Waals surface area contributed by atoms with Gasteiger partial charge in [-0.3, -0.25) is 4.79 Å². The van der Waals surface area contributed by atoms with Crippen LogP contribution in [-0.2, 0) is 0 Å². The second-order valence-corrected chi connectivity index (χ2v) is 5.54. The Morgan fingerprint density at radius 3 is 2.70 bits per heavy atom. The van der Waals surface area contributed by atoms with Gasteiger partial charge in [0.2, 0.25) is 0 Å². The Balaban J connectivity index is 2.17. The zero-order valence-electron chi connectivity index (χ0n) is 12.1. The van der Waals surface area contributed by atoms with Crippen LogP contribution in [0.3, 0.4) is 0 Å². The first-order chi connectivity index (χ1) is 9.63. The summed E-state index contributed by atoms with van der Waals surface area (Å²) in [6.07, 6.45) is 5.21. The van der Waals surface area contributed by atoms with Crippen molar-refractivity contribution in [1.29, 1.82) is 0 Å². The molecule has 0 spiro atoms. The lowest BCUT2D eigenvalue weighted by molar-refractivity contribution is 0.0680. The first-order valence-corrected chi connectivity index (χ1v) is 7.40. The van der Waals surface area contributed by atoms with Gasteiger partial charge in [-0.15, -0.1) is 0 Å². The van der Waals surface area contributed by atoms with Gasteiger partial charge in [0.1, 0.15) is 5.82 Å². The molecular weight excluding hydrogens is 255 g/mol. The molecule has 0 heterocycles. The van der Waals surface area contributed by atoms with E-state index in [0.29, 0.717) is 30.3 Å². The number of nitrogens with zero attached hydrogens (tertiary/aromatic N) is 1. The van der Waals surface area contributed by atoms with E-state index in [1.165, 1.54) is 18.9 Å². The number of aryl methyl sites for hydroxylation is 1. The number of carbonyl (C=O) groups excluding carboxylic acids is 1. The highest BCUT2D eigenvalue weighted by Crippen LogP contribution is 2.25. The van der Waals surface area contributed by atoms with Crippen molar-refractivity contribution in [2.45, 2.75) is 45.1 Å². The zero-order valence-corrected chi connectivity index (χ0v) is 12.1. The first-order valence-electron chi connectivity index (χ1n) is 7.40. The van der Waals surface area contributed by atoms with E-state index in [-0.39, 0.29) is 11.7 Å². The molecule has 0 unspecified atom stereocenters. The van der Waals surface area contributed by atoms with E-state index in [9.17, 15) is 9.18 Å². The number of benzene rings is 1. The highest BCUT2D eigenvalue weighted by molar-refractivity contribution is 5.94. The maximum absolute atomic E-state index is 13.6. The van der Waals surface area contributed by atoms with Gasteiger partial charge in [0.05, 0.1) is 0 Å². The molecule has 0 aliphatic heterocycles. The number of hydrogen-bond donors (Lipinski definition) is 1. The molecule has 1 amide bonds.